The van der Waals surface area contributed by atoms with E-state index in [2.05, 4.69) is 17.0 Å². The lowest BCUT2D eigenvalue weighted by molar-refractivity contribution is -0.123. The number of methoxy groups -OCH3 is 1. The summed E-state index contributed by atoms with van der Waals surface area (Å²) >= 11 is 13.0. The number of likely N-dealkylation sites (N-methyl/N-ethyl adjacent to an activating group) is 1. The molecule has 1 aliphatic carbocycles. The molecule has 5 rings (SSSR count). The third kappa shape index (κ3) is 7.32. The van der Waals surface area contributed by atoms with E-state index in [4.69, 9.17) is 32.7 Å². The first-order valence-electron chi connectivity index (χ1n) is 14.5. The van der Waals surface area contributed by atoms with Gasteiger partial charge in [0.2, 0.25) is 5.91 Å². The van der Waals surface area contributed by atoms with E-state index in [9.17, 15) is 9.59 Å². The molecule has 3 aromatic rings. The first-order chi connectivity index (χ1) is 20.7. The van der Waals surface area contributed by atoms with Crippen molar-refractivity contribution >= 4 is 46.2 Å². The largest absolute Gasteiger partial charge is 0.489 e. The number of halogens is 2. The number of aryl methyl sites for hydroxylation is 1. The molecular formula is C35H36Cl2N2O4. The number of esters is 1. The molecule has 2 aliphatic rings. The summed E-state index contributed by atoms with van der Waals surface area (Å²) in [6.07, 6.45) is 7.11. The Morgan fingerprint density at radius 1 is 1.00 bits per heavy atom. The summed E-state index contributed by atoms with van der Waals surface area (Å²) in [5.41, 5.74) is 6.96. The minimum absolute atomic E-state index is 0.0103. The Labute approximate surface area is 263 Å². The lowest BCUT2D eigenvalue weighted by Crippen LogP contribution is -2.25. The zero-order valence-corrected chi connectivity index (χ0v) is 26.3. The molecule has 0 bridgehead atoms. The molecule has 0 spiro atoms. The first-order valence-corrected chi connectivity index (χ1v) is 15.3. The highest BCUT2D eigenvalue weighted by Crippen LogP contribution is 2.42. The van der Waals surface area contributed by atoms with E-state index in [1.165, 1.54) is 7.11 Å². The summed E-state index contributed by atoms with van der Waals surface area (Å²) in [5.74, 6) is 0.461. The number of carbonyl (C=O) groups is 2. The molecule has 1 aliphatic heterocycles. The molecule has 3 aromatic carbocycles. The summed E-state index contributed by atoms with van der Waals surface area (Å²) in [5, 5.41) is 1.21. The van der Waals surface area contributed by atoms with E-state index in [1.54, 1.807) is 31.1 Å². The van der Waals surface area contributed by atoms with Crippen molar-refractivity contribution < 1.29 is 19.1 Å². The second-order valence-electron chi connectivity index (χ2n) is 11.1. The second-order valence-corrected chi connectivity index (χ2v) is 12.0. The zero-order valence-electron chi connectivity index (χ0n) is 24.7. The molecule has 1 heterocycles. The van der Waals surface area contributed by atoms with Crippen molar-refractivity contribution in [1.82, 2.24) is 9.80 Å². The van der Waals surface area contributed by atoms with Crippen LogP contribution in [0.4, 0.5) is 0 Å². The summed E-state index contributed by atoms with van der Waals surface area (Å²) < 4.78 is 11.3. The van der Waals surface area contributed by atoms with E-state index in [-0.39, 0.29) is 18.0 Å². The molecule has 0 saturated carbocycles. The molecule has 1 fully saturated rings. The number of likely N-dealkylation sites (tertiary alicyclic amines) is 1. The van der Waals surface area contributed by atoms with Crippen LogP contribution in [-0.4, -0.2) is 68.6 Å². The minimum atomic E-state index is -0.344. The normalized spacial score (nSPS) is 17.1. The van der Waals surface area contributed by atoms with Crippen LogP contribution in [0, 0.1) is 0 Å². The van der Waals surface area contributed by atoms with Crippen molar-refractivity contribution in [2.24, 2.45) is 0 Å². The maximum Gasteiger partial charge on any atom is 0.337 e. The highest BCUT2D eigenvalue weighted by atomic mass is 35.5. The topological polar surface area (TPSA) is 59.1 Å². The fourth-order valence-corrected chi connectivity index (χ4v) is 6.29. The smallest absolute Gasteiger partial charge is 0.337 e. The van der Waals surface area contributed by atoms with Gasteiger partial charge in [-0.1, -0.05) is 53.5 Å². The summed E-state index contributed by atoms with van der Waals surface area (Å²) in [7, 11) is 4.90. The molecule has 1 atom stereocenters. The Hall–Kier alpha value is -3.58. The zero-order chi connectivity index (χ0) is 30.5. The van der Waals surface area contributed by atoms with Crippen LogP contribution >= 0.6 is 23.2 Å². The van der Waals surface area contributed by atoms with E-state index in [0.29, 0.717) is 15.6 Å². The van der Waals surface area contributed by atoms with Gasteiger partial charge in [0.15, 0.2) is 0 Å². The molecular weight excluding hydrogens is 583 g/mol. The standard InChI is InChI=1S/C35H36Cl2N2O4/c1-38(2)33(40)8-5-18-39-19-17-28(22-39)43-27-13-9-23(10-14-27)34-29-15-11-25(35(41)42-3)20-24(29)6-4-7-31(34)30-16-12-26(36)21-32(30)37/h5,8-16,20-21,28H,4,6-7,17-19,22H2,1-3H3/b8-5+/t28-/m1/s1. The van der Waals surface area contributed by atoms with Crippen LogP contribution in [0.1, 0.15) is 51.9 Å². The number of nitrogens with zero attached hydrogens (tertiary/aromatic N) is 2. The van der Waals surface area contributed by atoms with Crippen LogP contribution in [0.3, 0.4) is 0 Å². The monoisotopic (exact) mass is 618 g/mol. The molecule has 1 amide bonds. The molecule has 1 saturated heterocycles. The average Bonchev–Trinajstić information content (AvgIpc) is 3.35. The fraction of sp³-hybridized carbons (Fsp3) is 0.314. The summed E-state index contributed by atoms with van der Waals surface area (Å²) in [6.45, 7) is 2.45. The number of rotatable bonds is 8. The highest BCUT2D eigenvalue weighted by molar-refractivity contribution is 6.36. The quantitative estimate of drug-likeness (QED) is 0.198. The third-order valence-corrected chi connectivity index (χ3v) is 8.51. The molecule has 0 unspecified atom stereocenters. The van der Waals surface area contributed by atoms with Gasteiger partial charge in [0.25, 0.3) is 0 Å². The predicted molar refractivity (Wildman–Crippen MR) is 173 cm³/mol. The molecule has 43 heavy (non-hydrogen) atoms. The molecule has 0 aromatic heterocycles. The molecule has 8 heteroatoms. The van der Waals surface area contributed by atoms with E-state index >= 15 is 0 Å². The van der Waals surface area contributed by atoms with Crippen molar-refractivity contribution in [3.8, 4) is 5.75 Å². The van der Waals surface area contributed by atoms with Crippen molar-refractivity contribution in [3.63, 3.8) is 0 Å². The van der Waals surface area contributed by atoms with Gasteiger partial charge in [-0.3, -0.25) is 9.69 Å². The van der Waals surface area contributed by atoms with Gasteiger partial charge >= 0.3 is 5.97 Å². The van der Waals surface area contributed by atoms with E-state index < -0.39 is 0 Å². The molecule has 224 valence electrons. The number of amides is 1. The fourth-order valence-electron chi connectivity index (χ4n) is 5.77. The number of hydrogen-bond donors (Lipinski definition) is 0. The Kier molecular flexibility index (Phi) is 9.91. The summed E-state index contributed by atoms with van der Waals surface area (Å²) in [4.78, 5) is 28.0. The van der Waals surface area contributed by atoms with Gasteiger partial charge in [-0.25, -0.2) is 4.79 Å². The number of ether oxygens (including phenoxy) is 2. The Bertz CT molecular complexity index is 1560. The van der Waals surface area contributed by atoms with Gasteiger partial charge < -0.3 is 14.4 Å². The van der Waals surface area contributed by atoms with Crippen LogP contribution in [0.2, 0.25) is 10.0 Å². The van der Waals surface area contributed by atoms with Crippen LogP contribution < -0.4 is 4.74 Å². The predicted octanol–water partition coefficient (Wildman–Crippen LogP) is 7.17. The Morgan fingerprint density at radius 3 is 2.49 bits per heavy atom. The Balaban J connectivity index is 1.42. The van der Waals surface area contributed by atoms with Gasteiger partial charge in [-0.15, -0.1) is 0 Å². The summed E-state index contributed by atoms with van der Waals surface area (Å²) in [6, 6.07) is 19.7. The highest BCUT2D eigenvalue weighted by Gasteiger charge is 2.25. The third-order valence-electron chi connectivity index (χ3n) is 7.97. The first kappa shape index (κ1) is 30.9. The van der Waals surface area contributed by atoms with Crippen LogP contribution in [-0.2, 0) is 16.0 Å². The number of allylic oxidation sites excluding steroid dienone is 1. The SMILES string of the molecule is COC(=O)c1ccc2c(c1)CCCC(c1ccc(Cl)cc1Cl)=C2c1ccc(O[C@@H]2CCN(C/C=C/C(=O)N(C)C)C2)cc1. The van der Waals surface area contributed by atoms with Gasteiger partial charge in [0, 0.05) is 49.9 Å². The Morgan fingerprint density at radius 2 is 1.77 bits per heavy atom. The number of fused-ring (bicyclic) bond motifs is 1. The molecule has 0 radical (unpaired) electrons. The van der Waals surface area contributed by atoms with E-state index in [1.807, 2.05) is 48.5 Å². The van der Waals surface area contributed by atoms with Crippen molar-refractivity contribution in [2.45, 2.75) is 31.8 Å². The number of benzene rings is 3. The van der Waals surface area contributed by atoms with Gasteiger partial charge in [-0.05, 0) is 95.5 Å². The maximum absolute atomic E-state index is 12.3. The van der Waals surface area contributed by atoms with Gasteiger partial charge in [0.1, 0.15) is 11.9 Å². The lowest BCUT2D eigenvalue weighted by atomic mass is 9.87. The van der Waals surface area contributed by atoms with Crippen molar-refractivity contribution in [3.05, 3.63) is 111 Å². The van der Waals surface area contributed by atoms with Crippen LogP contribution in [0.25, 0.3) is 11.1 Å². The lowest BCUT2D eigenvalue weighted by Gasteiger charge is -2.19. The molecule has 0 N–H and O–H groups in total. The number of carbonyl (C=O) groups excluding carboxylic acids is 2. The minimum Gasteiger partial charge on any atom is -0.489 e. The van der Waals surface area contributed by atoms with E-state index in [0.717, 1.165) is 84.5 Å². The van der Waals surface area contributed by atoms with Crippen LogP contribution in [0.5, 0.6) is 5.75 Å². The van der Waals surface area contributed by atoms with Crippen molar-refractivity contribution in [1.29, 1.82) is 0 Å². The van der Waals surface area contributed by atoms with Crippen LogP contribution in [0.15, 0.2) is 72.8 Å². The van der Waals surface area contributed by atoms with Crippen molar-refractivity contribution in [2.75, 3.05) is 40.8 Å². The second kappa shape index (κ2) is 13.8. The molecule has 6 nitrogen and oxygen atoms in total. The maximum atomic E-state index is 12.3. The average molecular weight is 620 g/mol. The van der Waals surface area contributed by atoms with Gasteiger partial charge in [0.05, 0.1) is 12.7 Å². The van der Waals surface area contributed by atoms with Gasteiger partial charge in [-0.2, -0.15) is 0 Å². The number of hydrogen-bond acceptors (Lipinski definition) is 5.